The lowest BCUT2D eigenvalue weighted by molar-refractivity contribution is 0.0242. The highest BCUT2D eigenvalue weighted by molar-refractivity contribution is 4.80. The van der Waals surface area contributed by atoms with Crippen LogP contribution in [0.2, 0.25) is 0 Å². The van der Waals surface area contributed by atoms with E-state index in [4.69, 9.17) is 4.74 Å². The van der Waals surface area contributed by atoms with Gasteiger partial charge < -0.3 is 15.4 Å². The van der Waals surface area contributed by atoms with Crippen molar-refractivity contribution in [3.8, 4) is 0 Å². The van der Waals surface area contributed by atoms with E-state index in [-0.39, 0.29) is 0 Å². The normalized spacial score (nSPS) is 24.6. The van der Waals surface area contributed by atoms with Gasteiger partial charge in [0, 0.05) is 32.8 Å². The van der Waals surface area contributed by atoms with Gasteiger partial charge >= 0.3 is 0 Å². The van der Waals surface area contributed by atoms with Gasteiger partial charge in [-0.2, -0.15) is 0 Å². The van der Waals surface area contributed by atoms with Crippen LogP contribution in [0.1, 0.15) is 32.6 Å². The van der Waals surface area contributed by atoms with Crippen molar-refractivity contribution in [2.75, 3.05) is 39.4 Å². The topological polar surface area (TPSA) is 33.3 Å². The minimum absolute atomic E-state index is 0.467. The molecule has 2 aliphatic rings. The highest BCUT2D eigenvalue weighted by Gasteiger charge is 2.26. The third kappa shape index (κ3) is 4.40. The first kappa shape index (κ1) is 12.3. The molecule has 0 aromatic heterocycles. The van der Waals surface area contributed by atoms with Crippen LogP contribution >= 0.6 is 0 Å². The average molecular weight is 226 g/mol. The minimum atomic E-state index is 0.467. The summed E-state index contributed by atoms with van der Waals surface area (Å²) in [5, 5.41) is 7.08. The zero-order valence-corrected chi connectivity index (χ0v) is 10.6. The zero-order valence-electron chi connectivity index (χ0n) is 10.6. The van der Waals surface area contributed by atoms with Crippen molar-refractivity contribution in [2.45, 2.75) is 32.6 Å². The summed E-state index contributed by atoms with van der Waals surface area (Å²) in [6, 6.07) is 0. The average Bonchev–Trinajstić information content (AvgIpc) is 3.08. The number of nitrogens with one attached hydrogen (secondary N) is 2. The zero-order chi connectivity index (χ0) is 11.3. The molecule has 0 bridgehead atoms. The molecular formula is C13H26N2O. The third-order valence-corrected chi connectivity index (χ3v) is 3.86. The summed E-state index contributed by atoms with van der Waals surface area (Å²) in [5.41, 5.74) is 0.467. The molecule has 16 heavy (non-hydrogen) atoms. The van der Waals surface area contributed by atoms with E-state index < -0.39 is 0 Å². The predicted molar refractivity (Wildman–Crippen MR) is 66.6 cm³/mol. The van der Waals surface area contributed by atoms with Crippen molar-refractivity contribution in [1.82, 2.24) is 10.6 Å². The van der Waals surface area contributed by atoms with Crippen LogP contribution in [0.3, 0.4) is 0 Å². The number of hydrogen-bond acceptors (Lipinski definition) is 3. The van der Waals surface area contributed by atoms with E-state index in [1.54, 1.807) is 0 Å². The van der Waals surface area contributed by atoms with Crippen LogP contribution < -0.4 is 10.6 Å². The van der Waals surface area contributed by atoms with Crippen molar-refractivity contribution in [1.29, 1.82) is 0 Å². The van der Waals surface area contributed by atoms with Gasteiger partial charge in [0.05, 0.1) is 0 Å². The lowest BCUT2D eigenvalue weighted by Gasteiger charge is -2.33. The molecule has 2 rings (SSSR count). The second-order valence-corrected chi connectivity index (χ2v) is 5.75. The van der Waals surface area contributed by atoms with E-state index in [0.29, 0.717) is 5.41 Å². The van der Waals surface area contributed by atoms with Gasteiger partial charge in [-0.3, -0.25) is 0 Å². The molecular weight excluding hydrogens is 200 g/mol. The van der Waals surface area contributed by atoms with Crippen LogP contribution in [0.5, 0.6) is 0 Å². The fourth-order valence-corrected chi connectivity index (χ4v) is 2.24. The van der Waals surface area contributed by atoms with Crippen LogP contribution in [0.4, 0.5) is 0 Å². The Labute approximate surface area is 99.3 Å². The van der Waals surface area contributed by atoms with Gasteiger partial charge in [-0.1, -0.05) is 6.92 Å². The number of hydrogen-bond donors (Lipinski definition) is 2. The molecule has 3 heteroatoms. The summed E-state index contributed by atoms with van der Waals surface area (Å²) >= 11 is 0. The van der Waals surface area contributed by atoms with Crippen LogP contribution in [-0.2, 0) is 4.74 Å². The molecule has 2 fully saturated rings. The smallest absolute Gasteiger partial charge is 0.0471 e. The van der Waals surface area contributed by atoms with Gasteiger partial charge in [0.2, 0.25) is 0 Å². The van der Waals surface area contributed by atoms with Gasteiger partial charge in [-0.15, -0.1) is 0 Å². The fourth-order valence-electron chi connectivity index (χ4n) is 2.24. The molecule has 3 nitrogen and oxygen atoms in total. The second kappa shape index (κ2) is 5.99. The Balaban J connectivity index is 1.46. The van der Waals surface area contributed by atoms with Crippen molar-refractivity contribution in [2.24, 2.45) is 11.3 Å². The van der Waals surface area contributed by atoms with E-state index in [2.05, 4.69) is 17.6 Å². The lowest BCUT2D eigenvalue weighted by Crippen LogP contribution is -2.39. The molecule has 1 aliphatic carbocycles. The maximum absolute atomic E-state index is 5.40. The quantitative estimate of drug-likeness (QED) is 0.644. The van der Waals surface area contributed by atoms with E-state index in [0.717, 1.165) is 38.8 Å². The summed E-state index contributed by atoms with van der Waals surface area (Å²) in [6.07, 6.45) is 5.29. The maximum atomic E-state index is 5.40. The summed E-state index contributed by atoms with van der Waals surface area (Å²) < 4.78 is 5.40. The molecule has 1 heterocycles. The Hall–Kier alpha value is -0.120. The number of ether oxygens (including phenoxy) is 1. The molecule has 0 aromatic rings. The van der Waals surface area contributed by atoms with E-state index in [1.807, 2.05) is 0 Å². The predicted octanol–water partition coefficient (Wildman–Crippen LogP) is 1.39. The molecule has 1 saturated heterocycles. The highest BCUT2D eigenvalue weighted by Crippen LogP contribution is 2.28. The molecule has 1 saturated carbocycles. The Morgan fingerprint density at radius 1 is 1.12 bits per heavy atom. The summed E-state index contributed by atoms with van der Waals surface area (Å²) in [5.74, 6) is 0.994. The third-order valence-electron chi connectivity index (χ3n) is 3.86. The Morgan fingerprint density at radius 2 is 1.81 bits per heavy atom. The van der Waals surface area contributed by atoms with Crippen molar-refractivity contribution in [3.05, 3.63) is 0 Å². The molecule has 0 amide bonds. The van der Waals surface area contributed by atoms with Crippen molar-refractivity contribution < 1.29 is 4.74 Å². The Bertz CT molecular complexity index is 198. The first-order valence-corrected chi connectivity index (χ1v) is 6.78. The van der Waals surface area contributed by atoms with Crippen LogP contribution in [0.25, 0.3) is 0 Å². The monoisotopic (exact) mass is 226 g/mol. The highest BCUT2D eigenvalue weighted by atomic mass is 16.5. The number of rotatable bonds is 7. The molecule has 0 aromatic carbocycles. The van der Waals surface area contributed by atoms with Crippen molar-refractivity contribution in [3.63, 3.8) is 0 Å². The van der Waals surface area contributed by atoms with Crippen LogP contribution in [-0.4, -0.2) is 39.4 Å². The first-order chi connectivity index (χ1) is 7.79. The van der Waals surface area contributed by atoms with Gasteiger partial charge in [0.25, 0.3) is 0 Å². The van der Waals surface area contributed by atoms with Gasteiger partial charge in [0.15, 0.2) is 0 Å². The first-order valence-electron chi connectivity index (χ1n) is 6.78. The molecule has 1 aliphatic heterocycles. The van der Waals surface area contributed by atoms with E-state index in [1.165, 1.54) is 32.2 Å². The lowest BCUT2D eigenvalue weighted by atomic mass is 9.82. The summed E-state index contributed by atoms with van der Waals surface area (Å²) in [4.78, 5) is 0. The fraction of sp³-hybridized carbons (Fsp3) is 1.00. The molecule has 94 valence electrons. The van der Waals surface area contributed by atoms with Crippen LogP contribution in [0.15, 0.2) is 0 Å². The van der Waals surface area contributed by atoms with Crippen molar-refractivity contribution >= 4 is 0 Å². The molecule has 0 atom stereocenters. The maximum Gasteiger partial charge on any atom is 0.0471 e. The Morgan fingerprint density at radius 3 is 2.50 bits per heavy atom. The summed E-state index contributed by atoms with van der Waals surface area (Å²) in [7, 11) is 0. The van der Waals surface area contributed by atoms with Gasteiger partial charge in [0.1, 0.15) is 0 Å². The van der Waals surface area contributed by atoms with Gasteiger partial charge in [-0.25, -0.2) is 0 Å². The largest absolute Gasteiger partial charge is 0.381 e. The second-order valence-electron chi connectivity index (χ2n) is 5.75. The molecule has 2 N–H and O–H groups in total. The van der Waals surface area contributed by atoms with E-state index in [9.17, 15) is 0 Å². The van der Waals surface area contributed by atoms with Crippen LogP contribution in [0, 0.1) is 11.3 Å². The molecule has 0 radical (unpaired) electrons. The Kier molecular flexibility index (Phi) is 4.62. The standard InChI is InChI=1S/C13H26N2O/c1-13(4-8-16-9-5-13)11-15-7-6-14-10-12-2-3-12/h12,14-15H,2-11H2,1H3. The molecule has 0 spiro atoms. The van der Waals surface area contributed by atoms with E-state index >= 15 is 0 Å². The summed E-state index contributed by atoms with van der Waals surface area (Å²) in [6.45, 7) is 8.84. The molecule has 0 unspecified atom stereocenters. The van der Waals surface area contributed by atoms with Gasteiger partial charge in [-0.05, 0) is 43.6 Å². The SMILES string of the molecule is CC1(CNCCNCC2CC2)CCOCC1. The minimum Gasteiger partial charge on any atom is -0.381 e.